The summed E-state index contributed by atoms with van der Waals surface area (Å²) >= 11 is 0. The maximum atomic E-state index is 12.4. The van der Waals surface area contributed by atoms with Crippen molar-refractivity contribution in [2.24, 2.45) is 0 Å². The number of rotatable bonds is 7. The zero-order valence-electron chi connectivity index (χ0n) is 16.6. The number of esters is 1. The quantitative estimate of drug-likeness (QED) is 0.311. The molecule has 0 aliphatic heterocycles. The average Bonchev–Trinajstić information content (AvgIpc) is 2.92. The number of carbonyl (C=O) groups is 2. The number of nitrogens with zero attached hydrogens (tertiary/aromatic N) is 1. The number of ketones is 1. The second-order valence-electron chi connectivity index (χ2n) is 7.91. The Morgan fingerprint density at radius 3 is 2.42 bits per heavy atom. The Kier molecular flexibility index (Phi) is 6.08. The molecule has 0 N–H and O–H groups in total. The Morgan fingerprint density at radius 2 is 1.81 bits per heavy atom. The fourth-order valence-electron chi connectivity index (χ4n) is 2.53. The summed E-state index contributed by atoms with van der Waals surface area (Å²) in [5, 5.41) is 0.912. The Bertz CT molecular complexity index is 802. The monoisotopic (exact) mass is 375 g/mol. The Morgan fingerprint density at radius 1 is 1.15 bits per heavy atom. The molecule has 0 bridgehead atoms. The molecule has 0 atom stereocenters. The lowest BCUT2D eigenvalue weighted by Crippen LogP contribution is -2.41. The lowest BCUT2D eigenvalue weighted by atomic mass is 10.1. The first kappa shape index (κ1) is 20.4. The average molecular weight is 376 g/mol. The summed E-state index contributed by atoms with van der Waals surface area (Å²) in [6.07, 6.45) is 1.74. The molecule has 1 aromatic carbocycles. The summed E-state index contributed by atoms with van der Waals surface area (Å²) in [4.78, 5) is 24.3. The van der Waals surface area contributed by atoms with Crippen molar-refractivity contribution in [2.45, 2.75) is 52.4 Å². The molecule has 142 valence electrons. The van der Waals surface area contributed by atoms with E-state index in [1.165, 1.54) is 0 Å². The van der Waals surface area contributed by atoms with Crippen molar-refractivity contribution in [3.05, 3.63) is 36.0 Å². The van der Waals surface area contributed by atoms with E-state index >= 15 is 0 Å². The van der Waals surface area contributed by atoms with Crippen LogP contribution >= 0.6 is 0 Å². The summed E-state index contributed by atoms with van der Waals surface area (Å²) < 4.78 is 13.1. The standard InChI is InChI=1S/C20H29NO4Si/c1-7-24-19(23)18(22)16-14-21(17-11-9-8-10-15(16)17)12-13-25-26(5,6)20(2,3)4/h8-11,14H,7,12-13H2,1-6H3. The van der Waals surface area contributed by atoms with E-state index in [1.807, 2.05) is 28.8 Å². The highest BCUT2D eigenvalue weighted by Crippen LogP contribution is 2.36. The third-order valence-corrected chi connectivity index (χ3v) is 9.63. The van der Waals surface area contributed by atoms with E-state index in [1.54, 1.807) is 13.1 Å². The van der Waals surface area contributed by atoms with E-state index in [2.05, 4.69) is 33.9 Å². The van der Waals surface area contributed by atoms with Gasteiger partial charge in [-0.1, -0.05) is 39.0 Å². The lowest BCUT2D eigenvalue weighted by Gasteiger charge is -2.36. The fourth-order valence-corrected chi connectivity index (χ4v) is 3.57. The topological polar surface area (TPSA) is 57.5 Å². The van der Waals surface area contributed by atoms with Gasteiger partial charge in [-0.05, 0) is 31.1 Å². The van der Waals surface area contributed by atoms with Gasteiger partial charge in [0.05, 0.1) is 18.8 Å². The summed E-state index contributed by atoms with van der Waals surface area (Å²) in [6.45, 7) is 14.1. The molecule has 0 radical (unpaired) electrons. The molecule has 5 nitrogen and oxygen atoms in total. The maximum absolute atomic E-state index is 12.4. The number of ether oxygens (including phenoxy) is 1. The van der Waals surface area contributed by atoms with Gasteiger partial charge < -0.3 is 13.7 Å². The largest absolute Gasteiger partial charge is 0.460 e. The highest BCUT2D eigenvalue weighted by molar-refractivity contribution is 6.74. The van der Waals surface area contributed by atoms with Gasteiger partial charge in [0, 0.05) is 23.6 Å². The summed E-state index contributed by atoms with van der Waals surface area (Å²) in [6, 6.07) is 7.59. The molecule has 2 rings (SSSR count). The third kappa shape index (κ3) is 4.24. The third-order valence-electron chi connectivity index (χ3n) is 5.10. The molecule has 0 amide bonds. The number of aromatic nitrogens is 1. The van der Waals surface area contributed by atoms with Crippen molar-refractivity contribution in [3.63, 3.8) is 0 Å². The molecule has 0 aliphatic carbocycles. The Balaban J connectivity index is 2.24. The molecule has 2 aromatic rings. The van der Waals surface area contributed by atoms with E-state index in [9.17, 15) is 9.59 Å². The summed E-state index contributed by atoms with van der Waals surface area (Å²) in [7, 11) is -1.82. The first-order valence-electron chi connectivity index (χ1n) is 9.02. The zero-order valence-corrected chi connectivity index (χ0v) is 17.6. The minimum absolute atomic E-state index is 0.150. The second-order valence-corrected chi connectivity index (χ2v) is 12.7. The zero-order chi connectivity index (χ0) is 19.5. The van der Waals surface area contributed by atoms with Crippen LogP contribution in [0.1, 0.15) is 38.1 Å². The van der Waals surface area contributed by atoms with Crippen molar-refractivity contribution >= 4 is 31.0 Å². The van der Waals surface area contributed by atoms with E-state index in [4.69, 9.17) is 9.16 Å². The number of fused-ring (bicyclic) bond motifs is 1. The predicted octanol–water partition coefficient (Wildman–Crippen LogP) is 4.41. The van der Waals surface area contributed by atoms with Crippen LogP contribution in [0.2, 0.25) is 18.1 Å². The van der Waals surface area contributed by atoms with Crippen LogP contribution in [0.15, 0.2) is 30.5 Å². The van der Waals surface area contributed by atoms with Crippen molar-refractivity contribution in [3.8, 4) is 0 Å². The van der Waals surface area contributed by atoms with Crippen LogP contribution in [0, 0.1) is 0 Å². The van der Waals surface area contributed by atoms with Crippen LogP contribution in [-0.4, -0.2) is 37.9 Å². The van der Waals surface area contributed by atoms with Crippen LogP contribution in [-0.2, 0) is 20.5 Å². The highest BCUT2D eigenvalue weighted by Gasteiger charge is 2.36. The number of hydrogen-bond acceptors (Lipinski definition) is 4. The fraction of sp³-hybridized carbons (Fsp3) is 0.500. The van der Waals surface area contributed by atoms with Gasteiger partial charge in [0.25, 0.3) is 5.78 Å². The number of para-hydroxylation sites is 1. The SMILES string of the molecule is CCOC(=O)C(=O)c1cn(CCO[Si](C)(C)C(C)(C)C)c2ccccc12. The van der Waals surface area contributed by atoms with E-state index in [0.717, 1.165) is 10.9 Å². The second kappa shape index (κ2) is 7.76. The molecule has 1 aromatic heterocycles. The Labute approximate surface area is 156 Å². The maximum Gasteiger partial charge on any atom is 0.379 e. The molecule has 0 fully saturated rings. The smallest absolute Gasteiger partial charge is 0.379 e. The molecule has 0 aliphatic rings. The summed E-state index contributed by atoms with van der Waals surface area (Å²) in [5.41, 5.74) is 1.30. The normalized spacial score (nSPS) is 12.4. The molecular weight excluding hydrogens is 346 g/mol. The van der Waals surface area contributed by atoms with Gasteiger partial charge in [0.1, 0.15) is 0 Å². The molecule has 0 saturated heterocycles. The first-order valence-corrected chi connectivity index (χ1v) is 11.9. The van der Waals surface area contributed by atoms with Gasteiger partial charge in [-0.25, -0.2) is 4.79 Å². The van der Waals surface area contributed by atoms with Gasteiger partial charge >= 0.3 is 5.97 Å². The minimum atomic E-state index is -1.82. The van der Waals surface area contributed by atoms with Gasteiger partial charge in [-0.2, -0.15) is 0 Å². The van der Waals surface area contributed by atoms with E-state index in [0.29, 0.717) is 18.7 Å². The van der Waals surface area contributed by atoms with E-state index in [-0.39, 0.29) is 11.6 Å². The van der Waals surface area contributed by atoms with Gasteiger partial charge in [-0.3, -0.25) is 4.79 Å². The highest BCUT2D eigenvalue weighted by atomic mass is 28.4. The molecule has 0 unspecified atom stereocenters. The Hall–Kier alpha value is -1.92. The minimum Gasteiger partial charge on any atom is -0.460 e. The lowest BCUT2D eigenvalue weighted by molar-refractivity contribution is -0.137. The predicted molar refractivity (Wildman–Crippen MR) is 106 cm³/mol. The molecule has 1 heterocycles. The number of hydrogen-bond donors (Lipinski definition) is 0. The van der Waals surface area contributed by atoms with Crippen molar-refractivity contribution < 1.29 is 18.8 Å². The van der Waals surface area contributed by atoms with Gasteiger partial charge in [0.15, 0.2) is 8.32 Å². The number of benzene rings is 1. The first-order chi connectivity index (χ1) is 12.1. The number of Topliss-reactive ketones (excluding diaryl/α,β-unsaturated/α-hetero) is 1. The van der Waals surface area contributed by atoms with Gasteiger partial charge in [-0.15, -0.1) is 0 Å². The van der Waals surface area contributed by atoms with E-state index < -0.39 is 20.1 Å². The molecular formula is C20H29NO4Si. The van der Waals surface area contributed by atoms with Crippen LogP contribution in [0.5, 0.6) is 0 Å². The summed E-state index contributed by atoms with van der Waals surface area (Å²) in [5.74, 6) is -1.42. The van der Waals surface area contributed by atoms with Crippen LogP contribution in [0.25, 0.3) is 10.9 Å². The molecule has 6 heteroatoms. The van der Waals surface area contributed by atoms with Gasteiger partial charge in [0.2, 0.25) is 0 Å². The van der Waals surface area contributed by atoms with Crippen LogP contribution in [0.3, 0.4) is 0 Å². The number of carbonyl (C=O) groups excluding carboxylic acids is 2. The van der Waals surface area contributed by atoms with Crippen molar-refractivity contribution in [1.29, 1.82) is 0 Å². The van der Waals surface area contributed by atoms with Crippen LogP contribution < -0.4 is 0 Å². The van der Waals surface area contributed by atoms with Crippen molar-refractivity contribution in [2.75, 3.05) is 13.2 Å². The molecule has 26 heavy (non-hydrogen) atoms. The van der Waals surface area contributed by atoms with Crippen molar-refractivity contribution in [1.82, 2.24) is 4.57 Å². The molecule has 0 spiro atoms. The molecule has 0 saturated carbocycles. The van der Waals surface area contributed by atoms with Crippen LogP contribution in [0.4, 0.5) is 0 Å².